The fraction of sp³-hybridized carbons (Fsp3) is 0.400. The number of imidazole rings is 1. The van der Waals surface area contributed by atoms with Crippen LogP contribution in [0.3, 0.4) is 0 Å². The summed E-state index contributed by atoms with van der Waals surface area (Å²) in [6, 6.07) is 2.41. The minimum absolute atomic E-state index is 0.202. The molecule has 0 spiro atoms. The van der Waals surface area contributed by atoms with Crippen molar-refractivity contribution in [2.75, 3.05) is 13.2 Å². The number of hydrogen-bond acceptors (Lipinski definition) is 4. The third kappa shape index (κ3) is 2.94. The van der Waals surface area contributed by atoms with Crippen molar-refractivity contribution in [3.63, 3.8) is 0 Å². The van der Waals surface area contributed by atoms with Crippen molar-refractivity contribution in [2.45, 2.75) is 18.9 Å². The highest BCUT2D eigenvalue weighted by atomic mass is 16.5. The Labute approximate surface area is 126 Å². The zero-order chi connectivity index (χ0) is 15.5. The van der Waals surface area contributed by atoms with E-state index in [-0.39, 0.29) is 5.92 Å². The van der Waals surface area contributed by atoms with Crippen molar-refractivity contribution in [1.82, 2.24) is 14.7 Å². The summed E-state index contributed by atoms with van der Waals surface area (Å²) in [5, 5.41) is 12.0. The molecule has 3 rings (SSSR count). The van der Waals surface area contributed by atoms with Gasteiger partial charge in [0.1, 0.15) is 11.7 Å². The van der Waals surface area contributed by atoms with Crippen molar-refractivity contribution in [1.29, 1.82) is 0 Å². The van der Waals surface area contributed by atoms with E-state index >= 15 is 0 Å². The molecule has 0 radical (unpaired) electrons. The van der Waals surface area contributed by atoms with Gasteiger partial charge in [-0.1, -0.05) is 0 Å². The van der Waals surface area contributed by atoms with Gasteiger partial charge in [-0.05, 0) is 25.0 Å². The van der Waals surface area contributed by atoms with Crippen LogP contribution in [0.25, 0.3) is 5.65 Å². The van der Waals surface area contributed by atoms with E-state index in [1.165, 1.54) is 0 Å². The maximum absolute atomic E-state index is 12.3. The van der Waals surface area contributed by atoms with E-state index in [0.717, 1.165) is 18.5 Å². The fourth-order valence-electron chi connectivity index (χ4n) is 2.69. The minimum atomic E-state index is -1.03. The number of ether oxygens (including phenoxy) is 1. The number of aliphatic carboxylic acids is 1. The number of pyridine rings is 1. The lowest BCUT2D eigenvalue weighted by Crippen LogP contribution is -2.48. The van der Waals surface area contributed by atoms with E-state index in [4.69, 9.17) is 4.74 Å². The average molecular weight is 303 g/mol. The Morgan fingerprint density at radius 3 is 3.05 bits per heavy atom. The number of carbonyl (C=O) groups excluding carboxylic acids is 1. The summed E-state index contributed by atoms with van der Waals surface area (Å²) in [6.07, 6.45) is 6.54. The first-order chi connectivity index (χ1) is 10.6. The van der Waals surface area contributed by atoms with Crippen LogP contribution >= 0.6 is 0 Å². The molecule has 0 aliphatic carbocycles. The number of carboxylic acids is 1. The number of carboxylic acid groups (broad SMARTS) is 1. The minimum Gasteiger partial charge on any atom is -0.480 e. The highest BCUT2D eigenvalue weighted by Crippen LogP contribution is 2.18. The van der Waals surface area contributed by atoms with Gasteiger partial charge in [0.2, 0.25) is 0 Å². The van der Waals surface area contributed by atoms with Crippen LogP contribution in [0.4, 0.5) is 0 Å². The quantitative estimate of drug-likeness (QED) is 0.877. The normalized spacial score (nSPS) is 19.7. The van der Waals surface area contributed by atoms with Gasteiger partial charge in [-0.2, -0.15) is 0 Å². The molecule has 1 aliphatic rings. The number of amides is 1. The first-order valence-electron chi connectivity index (χ1n) is 7.19. The van der Waals surface area contributed by atoms with Crippen LogP contribution in [0.5, 0.6) is 0 Å². The highest BCUT2D eigenvalue weighted by Gasteiger charge is 2.31. The second-order valence-electron chi connectivity index (χ2n) is 5.38. The summed E-state index contributed by atoms with van der Waals surface area (Å²) in [5.41, 5.74) is 1.13. The standard InChI is InChI=1S/C15H17N3O4/c19-14(10-3-4-12-16-5-6-18(12)8-10)17-13(15(20)21)11-2-1-7-22-9-11/h3-6,8,11,13H,1-2,7,9H2,(H,17,19)(H,20,21). The molecule has 1 fully saturated rings. The molecule has 7 nitrogen and oxygen atoms in total. The van der Waals surface area contributed by atoms with Crippen molar-refractivity contribution >= 4 is 17.5 Å². The summed E-state index contributed by atoms with van der Waals surface area (Å²) >= 11 is 0. The zero-order valence-corrected chi connectivity index (χ0v) is 11.9. The van der Waals surface area contributed by atoms with Crippen molar-refractivity contribution < 1.29 is 19.4 Å². The highest BCUT2D eigenvalue weighted by molar-refractivity contribution is 5.96. The molecule has 22 heavy (non-hydrogen) atoms. The number of nitrogens with one attached hydrogen (secondary N) is 1. The maximum atomic E-state index is 12.3. The predicted octanol–water partition coefficient (Wildman–Crippen LogP) is 0.944. The Morgan fingerprint density at radius 1 is 1.45 bits per heavy atom. The number of carbonyl (C=O) groups is 2. The molecular formula is C15H17N3O4. The smallest absolute Gasteiger partial charge is 0.326 e. The molecule has 2 unspecified atom stereocenters. The molecule has 2 N–H and O–H groups in total. The monoisotopic (exact) mass is 303 g/mol. The van der Waals surface area contributed by atoms with E-state index in [9.17, 15) is 14.7 Å². The van der Waals surface area contributed by atoms with Crippen LogP contribution in [-0.2, 0) is 9.53 Å². The van der Waals surface area contributed by atoms with Crippen LogP contribution in [0.2, 0.25) is 0 Å². The summed E-state index contributed by atoms with van der Waals surface area (Å²) in [6.45, 7) is 1.01. The summed E-state index contributed by atoms with van der Waals surface area (Å²) in [5.74, 6) is -1.65. The van der Waals surface area contributed by atoms with Crippen LogP contribution in [0.1, 0.15) is 23.2 Å². The maximum Gasteiger partial charge on any atom is 0.326 e. The topological polar surface area (TPSA) is 92.9 Å². The summed E-state index contributed by atoms with van der Waals surface area (Å²) in [7, 11) is 0. The zero-order valence-electron chi connectivity index (χ0n) is 11.9. The van der Waals surface area contributed by atoms with E-state index in [1.54, 1.807) is 35.1 Å². The molecule has 2 atom stereocenters. The van der Waals surface area contributed by atoms with Gasteiger partial charge in [-0.25, -0.2) is 9.78 Å². The molecule has 7 heteroatoms. The van der Waals surface area contributed by atoms with Crippen LogP contribution in [0.15, 0.2) is 30.7 Å². The lowest BCUT2D eigenvalue weighted by molar-refractivity contribution is -0.142. The average Bonchev–Trinajstić information content (AvgIpc) is 3.00. The lowest BCUT2D eigenvalue weighted by atomic mass is 9.93. The molecule has 2 aromatic rings. The van der Waals surface area contributed by atoms with Crippen molar-refractivity contribution in [3.8, 4) is 0 Å². The van der Waals surface area contributed by atoms with E-state index in [0.29, 0.717) is 18.8 Å². The Hall–Kier alpha value is -2.41. The first-order valence-corrected chi connectivity index (χ1v) is 7.19. The number of hydrogen-bond donors (Lipinski definition) is 2. The molecule has 0 saturated carbocycles. The second kappa shape index (κ2) is 6.15. The second-order valence-corrected chi connectivity index (χ2v) is 5.38. The molecule has 0 aromatic carbocycles. The number of fused-ring (bicyclic) bond motifs is 1. The van der Waals surface area contributed by atoms with Gasteiger partial charge in [0.15, 0.2) is 0 Å². The van der Waals surface area contributed by atoms with Crippen LogP contribution < -0.4 is 5.32 Å². The Balaban J connectivity index is 1.76. The predicted molar refractivity (Wildman–Crippen MR) is 77.6 cm³/mol. The van der Waals surface area contributed by atoms with Gasteiger partial charge in [-0.15, -0.1) is 0 Å². The van der Waals surface area contributed by atoms with Gasteiger partial charge in [0.25, 0.3) is 5.91 Å². The lowest BCUT2D eigenvalue weighted by Gasteiger charge is -2.28. The largest absolute Gasteiger partial charge is 0.480 e. The van der Waals surface area contributed by atoms with E-state index < -0.39 is 17.9 Å². The Kier molecular flexibility index (Phi) is 4.06. The van der Waals surface area contributed by atoms with Crippen molar-refractivity contribution in [2.24, 2.45) is 5.92 Å². The fourth-order valence-corrected chi connectivity index (χ4v) is 2.69. The molecule has 1 amide bonds. The molecule has 116 valence electrons. The molecular weight excluding hydrogens is 286 g/mol. The third-order valence-corrected chi connectivity index (χ3v) is 3.87. The third-order valence-electron chi connectivity index (χ3n) is 3.87. The number of aromatic nitrogens is 2. The van der Waals surface area contributed by atoms with Crippen LogP contribution in [0, 0.1) is 5.92 Å². The number of nitrogens with zero attached hydrogens (tertiary/aromatic N) is 2. The Morgan fingerprint density at radius 2 is 2.32 bits per heavy atom. The number of rotatable bonds is 4. The molecule has 3 heterocycles. The van der Waals surface area contributed by atoms with Crippen LogP contribution in [-0.4, -0.2) is 45.6 Å². The van der Waals surface area contributed by atoms with Crippen molar-refractivity contribution in [3.05, 3.63) is 36.3 Å². The molecule has 1 saturated heterocycles. The van der Waals surface area contributed by atoms with Gasteiger partial charge < -0.3 is 19.6 Å². The SMILES string of the molecule is O=C(NC(C(=O)O)C1CCCOC1)c1ccc2nccn2c1. The van der Waals surface area contributed by atoms with E-state index in [1.807, 2.05) is 0 Å². The molecule has 2 aromatic heterocycles. The molecule has 0 bridgehead atoms. The summed E-state index contributed by atoms with van der Waals surface area (Å²) in [4.78, 5) is 27.9. The summed E-state index contributed by atoms with van der Waals surface area (Å²) < 4.78 is 7.04. The van der Waals surface area contributed by atoms with Gasteiger partial charge >= 0.3 is 5.97 Å². The molecule has 1 aliphatic heterocycles. The van der Waals surface area contributed by atoms with Gasteiger partial charge in [0.05, 0.1) is 12.2 Å². The van der Waals surface area contributed by atoms with E-state index in [2.05, 4.69) is 10.3 Å². The Bertz CT molecular complexity index is 691. The van der Waals surface area contributed by atoms with Gasteiger partial charge in [0, 0.05) is 31.1 Å². The first kappa shape index (κ1) is 14.5. The van der Waals surface area contributed by atoms with Gasteiger partial charge in [-0.3, -0.25) is 4.79 Å².